The van der Waals surface area contributed by atoms with Crippen LogP contribution in [0.4, 0.5) is 17.5 Å². The monoisotopic (exact) mass is 513 g/mol. The third-order valence-electron chi connectivity index (χ3n) is 7.38. The predicted octanol–water partition coefficient (Wildman–Crippen LogP) is 5.96. The second-order valence-corrected chi connectivity index (χ2v) is 10.6. The van der Waals surface area contributed by atoms with Crippen molar-refractivity contribution in [1.82, 2.24) is 14.5 Å². The van der Waals surface area contributed by atoms with Crippen molar-refractivity contribution in [3.63, 3.8) is 0 Å². The van der Waals surface area contributed by atoms with Gasteiger partial charge in [0.2, 0.25) is 11.4 Å². The molecule has 2 aliphatic rings. The molecule has 1 aliphatic heterocycles. The summed E-state index contributed by atoms with van der Waals surface area (Å²) in [4.78, 5) is 24.2. The minimum atomic E-state index is -0.00725. The fourth-order valence-corrected chi connectivity index (χ4v) is 6.32. The van der Waals surface area contributed by atoms with E-state index in [1.165, 1.54) is 37.0 Å². The molecule has 0 radical (unpaired) electrons. The zero-order chi connectivity index (χ0) is 24.8. The summed E-state index contributed by atoms with van der Waals surface area (Å²) in [6, 6.07) is 12.3. The molecule has 5 aromatic rings. The van der Waals surface area contributed by atoms with Crippen molar-refractivity contribution >= 4 is 50.2 Å². The molecular formula is C28H27N5O3S. The standard InChI is InChI=1S/C28H27N5O3S/c34-23-15-24(32-11-13-35-14-12-32)36-25-22(17-37-26(23)25)18-5-7-20(8-6-18)30-28-29-16-19-9-10-33(27(19)31-28)21-3-1-2-4-21/h5-10,15-17,21H,1-4,11-14H2,(H,29,30,31). The zero-order valence-electron chi connectivity index (χ0n) is 20.4. The Bertz CT molecular complexity index is 1630. The maximum Gasteiger partial charge on any atom is 0.229 e. The molecule has 37 heavy (non-hydrogen) atoms. The Hall–Kier alpha value is -3.69. The Labute approximate surface area is 217 Å². The van der Waals surface area contributed by atoms with Gasteiger partial charge in [-0.2, -0.15) is 4.98 Å². The molecule has 0 amide bonds. The molecule has 9 heteroatoms. The molecule has 2 fully saturated rings. The summed E-state index contributed by atoms with van der Waals surface area (Å²) in [6.45, 7) is 2.70. The molecule has 0 bridgehead atoms. The van der Waals surface area contributed by atoms with Crippen molar-refractivity contribution in [3.8, 4) is 11.1 Å². The largest absolute Gasteiger partial charge is 0.439 e. The Morgan fingerprint density at radius 3 is 2.68 bits per heavy atom. The first kappa shape index (κ1) is 22.5. The first-order chi connectivity index (χ1) is 18.2. The molecule has 1 saturated heterocycles. The van der Waals surface area contributed by atoms with E-state index >= 15 is 0 Å². The van der Waals surface area contributed by atoms with E-state index in [0.717, 1.165) is 27.8 Å². The van der Waals surface area contributed by atoms with E-state index in [0.29, 0.717) is 54.5 Å². The summed E-state index contributed by atoms with van der Waals surface area (Å²) in [5.74, 6) is 1.19. The van der Waals surface area contributed by atoms with Gasteiger partial charge in [-0.1, -0.05) is 25.0 Å². The number of benzene rings is 1. The molecule has 1 aromatic carbocycles. The van der Waals surface area contributed by atoms with E-state index in [4.69, 9.17) is 14.1 Å². The van der Waals surface area contributed by atoms with Gasteiger partial charge >= 0.3 is 0 Å². The van der Waals surface area contributed by atoms with Gasteiger partial charge in [0.05, 0.1) is 13.2 Å². The lowest BCUT2D eigenvalue weighted by atomic mass is 10.1. The van der Waals surface area contributed by atoms with Crippen LogP contribution in [-0.2, 0) is 4.74 Å². The topological polar surface area (TPSA) is 85.4 Å². The van der Waals surface area contributed by atoms with Crippen LogP contribution < -0.4 is 15.6 Å². The number of nitrogens with one attached hydrogen (secondary N) is 1. The fourth-order valence-electron chi connectivity index (χ4n) is 5.41. The minimum absolute atomic E-state index is 0.00725. The second-order valence-electron chi connectivity index (χ2n) is 9.69. The number of rotatable bonds is 5. The third-order valence-corrected chi connectivity index (χ3v) is 8.35. The first-order valence-corrected chi connectivity index (χ1v) is 13.7. The van der Waals surface area contributed by atoms with Crippen molar-refractivity contribution in [1.29, 1.82) is 0 Å². The Balaban J connectivity index is 1.16. The van der Waals surface area contributed by atoms with Gasteiger partial charge in [-0.15, -0.1) is 11.3 Å². The van der Waals surface area contributed by atoms with Gasteiger partial charge in [0.15, 0.2) is 11.5 Å². The highest BCUT2D eigenvalue weighted by atomic mass is 32.1. The van der Waals surface area contributed by atoms with E-state index in [9.17, 15) is 4.79 Å². The van der Waals surface area contributed by atoms with Crippen LogP contribution in [0.2, 0.25) is 0 Å². The molecule has 188 valence electrons. The van der Waals surface area contributed by atoms with Crippen molar-refractivity contribution in [2.24, 2.45) is 0 Å². The third kappa shape index (κ3) is 4.18. The number of thiophene rings is 1. The minimum Gasteiger partial charge on any atom is -0.439 e. The van der Waals surface area contributed by atoms with Gasteiger partial charge in [-0.25, -0.2) is 4.98 Å². The summed E-state index contributed by atoms with van der Waals surface area (Å²) < 4.78 is 14.6. The summed E-state index contributed by atoms with van der Waals surface area (Å²) in [6.07, 6.45) is 9.01. The zero-order valence-corrected chi connectivity index (χ0v) is 21.2. The van der Waals surface area contributed by atoms with Crippen LogP contribution in [0.1, 0.15) is 31.7 Å². The summed E-state index contributed by atoms with van der Waals surface area (Å²) >= 11 is 1.42. The molecule has 1 aliphatic carbocycles. The maximum atomic E-state index is 12.8. The first-order valence-electron chi connectivity index (χ1n) is 12.8. The number of fused-ring (bicyclic) bond motifs is 2. The van der Waals surface area contributed by atoms with Gasteiger partial charge in [0.25, 0.3) is 0 Å². The van der Waals surface area contributed by atoms with Crippen LogP contribution in [0, 0.1) is 0 Å². The highest BCUT2D eigenvalue weighted by molar-refractivity contribution is 7.17. The van der Waals surface area contributed by atoms with E-state index in [1.54, 1.807) is 6.07 Å². The highest BCUT2D eigenvalue weighted by Gasteiger charge is 2.20. The smallest absolute Gasteiger partial charge is 0.229 e. The number of anilines is 3. The molecule has 1 N–H and O–H groups in total. The van der Waals surface area contributed by atoms with E-state index in [1.807, 2.05) is 35.8 Å². The number of hydrogen-bond donors (Lipinski definition) is 1. The van der Waals surface area contributed by atoms with Gasteiger partial charge in [-0.3, -0.25) is 4.79 Å². The van der Waals surface area contributed by atoms with E-state index in [2.05, 4.69) is 32.0 Å². The van der Waals surface area contributed by atoms with Gasteiger partial charge in [0.1, 0.15) is 10.3 Å². The number of morpholine rings is 1. The van der Waals surface area contributed by atoms with Crippen molar-refractivity contribution < 1.29 is 9.15 Å². The van der Waals surface area contributed by atoms with Crippen molar-refractivity contribution in [2.45, 2.75) is 31.7 Å². The molecule has 0 unspecified atom stereocenters. The van der Waals surface area contributed by atoms with E-state index in [-0.39, 0.29) is 5.43 Å². The van der Waals surface area contributed by atoms with Gasteiger partial charge in [0, 0.05) is 59.6 Å². The Kier molecular flexibility index (Phi) is 5.67. The van der Waals surface area contributed by atoms with Gasteiger partial charge < -0.3 is 23.9 Å². The van der Waals surface area contributed by atoms with Crippen molar-refractivity contribution in [2.75, 3.05) is 36.5 Å². The summed E-state index contributed by atoms with van der Waals surface area (Å²) in [5.41, 5.74) is 4.43. The van der Waals surface area contributed by atoms with Crippen LogP contribution in [0.15, 0.2) is 63.4 Å². The molecule has 4 aromatic heterocycles. The lowest BCUT2D eigenvalue weighted by molar-refractivity contribution is 0.121. The average molecular weight is 514 g/mol. The lowest BCUT2D eigenvalue weighted by Gasteiger charge is -2.27. The molecule has 5 heterocycles. The number of hydrogen-bond acceptors (Lipinski definition) is 8. The summed E-state index contributed by atoms with van der Waals surface area (Å²) in [7, 11) is 0. The maximum absolute atomic E-state index is 12.8. The van der Waals surface area contributed by atoms with Crippen LogP contribution >= 0.6 is 11.3 Å². The average Bonchev–Trinajstić information content (AvgIpc) is 3.69. The number of ether oxygens (including phenoxy) is 1. The van der Waals surface area contributed by atoms with Gasteiger partial charge in [-0.05, 0) is 36.6 Å². The van der Waals surface area contributed by atoms with Crippen molar-refractivity contribution in [3.05, 3.63) is 64.4 Å². The van der Waals surface area contributed by atoms with Crippen LogP contribution in [-0.4, -0.2) is 40.8 Å². The Morgan fingerprint density at radius 2 is 1.86 bits per heavy atom. The Morgan fingerprint density at radius 1 is 1.05 bits per heavy atom. The summed E-state index contributed by atoms with van der Waals surface area (Å²) in [5, 5.41) is 6.41. The van der Waals surface area contributed by atoms with Crippen LogP contribution in [0.25, 0.3) is 32.4 Å². The normalized spacial score (nSPS) is 16.7. The quantitative estimate of drug-likeness (QED) is 0.310. The van der Waals surface area contributed by atoms with E-state index < -0.39 is 0 Å². The SMILES string of the molecule is O=c1cc(N2CCOCC2)oc2c(-c3ccc(Nc4ncc5ccn(C6CCCC6)c5n4)cc3)csc12. The fraction of sp³-hybridized carbons (Fsp3) is 0.321. The molecular weight excluding hydrogens is 486 g/mol. The van der Waals surface area contributed by atoms with Crippen LogP contribution in [0.5, 0.6) is 0 Å². The van der Waals surface area contributed by atoms with Crippen LogP contribution in [0.3, 0.4) is 0 Å². The number of nitrogens with zero attached hydrogens (tertiary/aromatic N) is 4. The molecule has 7 rings (SSSR count). The second kappa shape index (κ2) is 9.32. The molecule has 0 atom stereocenters. The molecule has 8 nitrogen and oxygen atoms in total. The predicted molar refractivity (Wildman–Crippen MR) is 147 cm³/mol. The number of aromatic nitrogens is 3. The molecule has 0 spiro atoms. The molecule has 1 saturated carbocycles. The highest BCUT2D eigenvalue weighted by Crippen LogP contribution is 2.36. The lowest BCUT2D eigenvalue weighted by Crippen LogP contribution is -2.36.